The lowest BCUT2D eigenvalue weighted by molar-refractivity contribution is -0.125. The van der Waals surface area contributed by atoms with Crippen molar-refractivity contribution in [1.29, 1.82) is 0 Å². The van der Waals surface area contributed by atoms with Crippen LogP contribution < -0.4 is 15.8 Å². The van der Waals surface area contributed by atoms with Crippen molar-refractivity contribution in [1.82, 2.24) is 5.32 Å². The molecule has 4 nitrogen and oxygen atoms in total. The van der Waals surface area contributed by atoms with E-state index in [9.17, 15) is 4.79 Å². The van der Waals surface area contributed by atoms with Crippen LogP contribution in [0.5, 0.6) is 5.75 Å². The van der Waals surface area contributed by atoms with Crippen molar-refractivity contribution in [2.24, 2.45) is 17.6 Å². The number of nitrogens with two attached hydrogens (primary N) is 1. The van der Waals surface area contributed by atoms with Gasteiger partial charge in [-0.25, -0.2) is 0 Å². The van der Waals surface area contributed by atoms with E-state index in [4.69, 9.17) is 10.5 Å². The summed E-state index contributed by atoms with van der Waals surface area (Å²) >= 11 is 0. The molecule has 1 aromatic rings. The van der Waals surface area contributed by atoms with E-state index >= 15 is 0 Å². The Bertz CT molecular complexity index is 436. The molecule has 0 saturated heterocycles. The Morgan fingerprint density at radius 3 is 2.43 bits per heavy atom. The molecule has 120 valence electrons. The quantitative estimate of drug-likeness (QED) is 0.813. The first-order valence-corrected chi connectivity index (χ1v) is 7.15. The normalized spacial score (nSPS) is 13.2. The van der Waals surface area contributed by atoms with E-state index in [0.29, 0.717) is 19.1 Å². The molecule has 21 heavy (non-hydrogen) atoms. The minimum absolute atomic E-state index is 0. The average Bonchev–Trinajstić information content (AvgIpc) is 2.42. The van der Waals surface area contributed by atoms with E-state index in [1.165, 1.54) is 0 Å². The molecule has 3 N–H and O–H groups in total. The maximum atomic E-state index is 11.9. The number of para-hydroxylation sites is 1. The number of amides is 1. The van der Waals surface area contributed by atoms with Crippen molar-refractivity contribution in [3.05, 3.63) is 29.8 Å². The molecule has 2 unspecified atom stereocenters. The van der Waals surface area contributed by atoms with Crippen LogP contribution in [0.3, 0.4) is 0 Å². The molecular formula is C16H27ClN2O2. The van der Waals surface area contributed by atoms with Crippen LogP contribution in [0.4, 0.5) is 0 Å². The summed E-state index contributed by atoms with van der Waals surface area (Å²) in [4.78, 5) is 11.9. The van der Waals surface area contributed by atoms with Crippen LogP contribution in [0, 0.1) is 11.8 Å². The standard InChI is InChI=1S/C16H26N2O2.ClH/c1-11(2)10-20-15-8-6-5-7-14(15)9-18-16(19)12(3)13(4)17;/h5-8,11-13H,9-10,17H2,1-4H3,(H,18,19);1H. The second kappa shape index (κ2) is 9.64. The molecular weight excluding hydrogens is 288 g/mol. The van der Waals surface area contributed by atoms with Gasteiger partial charge in [-0.15, -0.1) is 12.4 Å². The van der Waals surface area contributed by atoms with Gasteiger partial charge in [0.25, 0.3) is 0 Å². The number of carbonyl (C=O) groups excluding carboxylic acids is 1. The zero-order valence-corrected chi connectivity index (χ0v) is 14.1. The van der Waals surface area contributed by atoms with Crippen molar-refractivity contribution in [3.63, 3.8) is 0 Å². The molecule has 0 saturated carbocycles. The monoisotopic (exact) mass is 314 g/mol. The van der Waals surface area contributed by atoms with Gasteiger partial charge in [0.1, 0.15) is 5.75 Å². The number of rotatable bonds is 7. The predicted molar refractivity (Wildman–Crippen MR) is 88.7 cm³/mol. The highest BCUT2D eigenvalue weighted by atomic mass is 35.5. The van der Waals surface area contributed by atoms with Gasteiger partial charge in [-0.2, -0.15) is 0 Å². The number of halogens is 1. The Kier molecular flexibility index (Phi) is 9.06. The first-order valence-electron chi connectivity index (χ1n) is 7.15. The molecule has 0 aliphatic rings. The molecule has 2 atom stereocenters. The molecule has 0 heterocycles. The summed E-state index contributed by atoms with van der Waals surface area (Å²) in [5, 5.41) is 2.91. The summed E-state index contributed by atoms with van der Waals surface area (Å²) in [5.74, 6) is 1.07. The zero-order chi connectivity index (χ0) is 15.1. The van der Waals surface area contributed by atoms with E-state index in [0.717, 1.165) is 11.3 Å². The van der Waals surface area contributed by atoms with Gasteiger partial charge >= 0.3 is 0 Å². The van der Waals surface area contributed by atoms with E-state index in [1.807, 2.05) is 38.1 Å². The number of benzene rings is 1. The van der Waals surface area contributed by atoms with Crippen molar-refractivity contribution < 1.29 is 9.53 Å². The van der Waals surface area contributed by atoms with Crippen LogP contribution in [0.25, 0.3) is 0 Å². The Morgan fingerprint density at radius 2 is 1.86 bits per heavy atom. The van der Waals surface area contributed by atoms with Crippen LogP contribution in [-0.2, 0) is 11.3 Å². The SMILES string of the molecule is CC(C)COc1ccccc1CNC(=O)C(C)C(C)N.Cl. The number of ether oxygens (including phenoxy) is 1. The summed E-state index contributed by atoms with van der Waals surface area (Å²) in [6.07, 6.45) is 0. The number of hydrogen-bond donors (Lipinski definition) is 2. The maximum Gasteiger partial charge on any atom is 0.224 e. The second-order valence-corrected chi connectivity index (χ2v) is 5.68. The van der Waals surface area contributed by atoms with Crippen molar-refractivity contribution in [2.45, 2.75) is 40.3 Å². The van der Waals surface area contributed by atoms with Crippen molar-refractivity contribution in [3.8, 4) is 5.75 Å². The molecule has 5 heteroatoms. The topological polar surface area (TPSA) is 64.3 Å². The fraction of sp³-hybridized carbons (Fsp3) is 0.562. The molecule has 1 aromatic carbocycles. The molecule has 0 fully saturated rings. The van der Waals surface area contributed by atoms with Crippen molar-refractivity contribution >= 4 is 18.3 Å². The molecule has 0 bridgehead atoms. The third-order valence-corrected chi connectivity index (χ3v) is 3.20. The molecule has 0 aromatic heterocycles. The van der Waals surface area contributed by atoms with Crippen LogP contribution in [0.1, 0.15) is 33.3 Å². The highest BCUT2D eigenvalue weighted by molar-refractivity contribution is 5.85. The van der Waals surface area contributed by atoms with E-state index in [1.54, 1.807) is 0 Å². The molecule has 0 aliphatic heterocycles. The zero-order valence-electron chi connectivity index (χ0n) is 13.3. The summed E-state index contributed by atoms with van der Waals surface area (Å²) in [6, 6.07) is 7.62. The molecule has 0 radical (unpaired) electrons. The van der Waals surface area contributed by atoms with Crippen LogP contribution in [-0.4, -0.2) is 18.6 Å². The van der Waals surface area contributed by atoms with Crippen LogP contribution >= 0.6 is 12.4 Å². The van der Waals surface area contributed by atoms with Gasteiger partial charge in [-0.05, 0) is 18.9 Å². The number of carbonyl (C=O) groups is 1. The van der Waals surface area contributed by atoms with Crippen LogP contribution in [0.2, 0.25) is 0 Å². The summed E-state index contributed by atoms with van der Waals surface area (Å²) in [7, 11) is 0. The first kappa shape index (κ1) is 19.7. The number of hydrogen-bond acceptors (Lipinski definition) is 3. The highest BCUT2D eigenvalue weighted by Crippen LogP contribution is 2.18. The van der Waals surface area contributed by atoms with Gasteiger partial charge in [0.2, 0.25) is 5.91 Å². The second-order valence-electron chi connectivity index (χ2n) is 5.68. The number of nitrogens with one attached hydrogen (secondary N) is 1. The summed E-state index contributed by atoms with van der Waals surface area (Å²) in [5.41, 5.74) is 6.72. The minimum atomic E-state index is -0.196. The lowest BCUT2D eigenvalue weighted by Gasteiger charge is -2.17. The molecule has 1 rings (SSSR count). The van der Waals surface area contributed by atoms with Gasteiger partial charge < -0.3 is 15.8 Å². The Hall–Kier alpha value is -1.26. The fourth-order valence-corrected chi connectivity index (χ4v) is 1.63. The molecule has 0 aliphatic carbocycles. The largest absolute Gasteiger partial charge is 0.493 e. The maximum absolute atomic E-state index is 11.9. The third-order valence-electron chi connectivity index (χ3n) is 3.20. The van der Waals surface area contributed by atoms with Gasteiger partial charge in [0.15, 0.2) is 0 Å². The fourth-order valence-electron chi connectivity index (χ4n) is 1.63. The molecule has 1 amide bonds. The van der Waals surface area contributed by atoms with Gasteiger partial charge in [0.05, 0.1) is 6.61 Å². The molecule has 0 spiro atoms. The van der Waals surface area contributed by atoms with Gasteiger partial charge in [-0.1, -0.05) is 39.0 Å². The average molecular weight is 315 g/mol. The van der Waals surface area contributed by atoms with Gasteiger partial charge in [0, 0.05) is 24.1 Å². The first-order chi connectivity index (χ1) is 9.41. The van der Waals surface area contributed by atoms with Crippen LogP contribution in [0.15, 0.2) is 24.3 Å². The van der Waals surface area contributed by atoms with E-state index < -0.39 is 0 Å². The van der Waals surface area contributed by atoms with E-state index in [2.05, 4.69) is 19.2 Å². The highest BCUT2D eigenvalue weighted by Gasteiger charge is 2.17. The summed E-state index contributed by atoms with van der Waals surface area (Å²) in [6.45, 7) is 9.01. The Labute approximate surface area is 133 Å². The van der Waals surface area contributed by atoms with E-state index in [-0.39, 0.29) is 30.3 Å². The summed E-state index contributed by atoms with van der Waals surface area (Å²) < 4.78 is 5.76. The lowest BCUT2D eigenvalue weighted by Crippen LogP contribution is -2.38. The lowest BCUT2D eigenvalue weighted by atomic mass is 10.0. The minimum Gasteiger partial charge on any atom is -0.493 e. The third kappa shape index (κ3) is 6.82. The van der Waals surface area contributed by atoms with Gasteiger partial charge in [-0.3, -0.25) is 4.79 Å². The Morgan fingerprint density at radius 1 is 1.24 bits per heavy atom. The van der Waals surface area contributed by atoms with Crippen molar-refractivity contribution in [2.75, 3.05) is 6.61 Å². The Balaban J connectivity index is 0.00000400. The smallest absolute Gasteiger partial charge is 0.224 e. The predicted octanol–water partition coefficient (Wildman–Crippen LogP) is 2.74.